The topological polar surface area (TPSA) is 50.4 Å². The molecule has 0 saturated carbocycles. The van der Waals surface area contributed by atoms with Crippen molar-refractivity contribution >= 4 is 33.9 Å². The maximum atomic E-state index is 5.63. The van der Waals surface area contributed by atoms with E-state index in [1.807, 2.05) is 30.5 Å². The summed E-state index contributed by atoms with van der Waals surface area (Å²) in [6, 6.07) is 10.1. The van der Waals surface area contributed by atoms with Crippen LogP contribution >= 0.6 is 11.3 Å². The highest BCUT2D eigenvalue weighted by molar-refractivity contribution is 7.16. The summed E-state index contributed by atoms with van der Waals surface area (Å²) in [7, 11) is 0. The summed E-state index contributed by atoms with van der Waals surface area (Å²) in [5.41, 5.74) is 8.76. The van der Waals surface area contributed by atoms with Crippen molar-refractivity contribution in [2.45, 2.75) is 6.54 Å². The molecule has 0 aliphatic carbocycles. The zero-order valence-electron chi connectivity index (χ0n) is 8.60. The molecule has 0 spiro atoms. The fourth-order valence-electron chi connectivity index (χ4n) is 1.71. The van der Waals surface area contributed by atoms with Gasteiger partial charge in [-0.05, 0) is 18.2 Å². The Morgan fingerprint density at radius 3 is 3.06 bits per heavy atom. The Hall–Kier alpha value is -1.65. The minimum Gasteiger partial charge on any atom is -0.345 e. The first-order valence-corrected chi connectivity index (χ1v) is 5.91. The first-order valence-electron chi connectivity index (χ1n) is 5.10. The molecule has 16 heavy (non-hydrogen) atoms. The molecule has 0 saturated heterocycles. The van der Waals surface area contributed by atoms with Crippen LogP contribution in [0, 0.1) is 0 Å². The number of rotatable bonds is 1. The van der Waals surface area contributed by atoms with E-state index in [0.29, 0.717) is 6.54 Å². The fraction of sp³-hybridized carbons (Fsp3) is 0.0833. The molecule has 3 N–H and O–H groups in total. The van der Waals surface area contributed by atoms with Crippen LogP contribution in [0.3, 0.4) is 0 Å². The standard InChI is InChI=1S/C12H11N3S/c13-6-9-5-8-7-14-10-3-1-2-4-11(10)15-12(8)16-9/h1-5,7,15H,6,13H2. The molecule has 3 rings (SSSR count). The van der Waals surface area contributed by atoms with E-state index in [1.54, 1.807) is 11.3 Å². The average molecular weight is 229 g/mol. The monoisotopic (exact) mass is 229 g/mol. The number of thiophene rings is 1. The molecule has 3 nitrogen and oxygen atoms in total. The number of anilines is 2. The molecule has 1 aromatic carbocycles. The number of hydrogen-bond acceptors (Lipinski definition) is 4. The Bertz CT molecular complexity index is 557. The van der Waals surface area contributed by atoms with Crippen LogP contribution in [-0.4, -0.2) is 6.21 Å². The summed E-state index contributed by atoms with van der Waals surface area (Å²) in [5, 5.41) is 4.52. The second-order valence-corrected chi connectivity index (χ2v) is 4.74. The maximum Gasteiger partial charge on any atom is 0.102 e. The number of fused-ring (bicyclic) bond motifs is 2. The van der Waals surface area contributed by atoms with Gasteiger partial charge in [0.2, 0.25) is 0 Å². The van der Waals surface area contributed by atoms with E-state index in [4.69, 9.17) is 5.73 Å². The van der Waals surface area contributed by atoms with Gasteiger partial charge in [0, 0.05) is 23.2 Å². The Morgan fingerprint density at radius 2 is 2.19 bits per heavy atom. The van der Waals surface area contributed by atoms with E-state index >= 15 is 0 Å². The normalized spacial score (nSPS) is 12.6. The molecule has 2 aromatic rings. The molecule has 0 radical (unpaired) electrons. The minimum atomic E-state index is 0.578. The second-order valence-electron chi connectivity index (χ2n) is 3.60. The number of nitrogens with two attached hydrogens (primary N) is 1. The van der Waals surface area contributed by atoms with E-state index in [0.717, 1.165) is 21.9 Å². The van der Waals surface area contributed by atoms with Gasteiger partial charge < -0.3 is 11.1 Å². The van der Waals surface area contributed by atoms with Gasteiger partial charge in [-0.25, -0.2) is 0 Å². The molecule has 0 unspecified atom stereocenters. The highest BCUT2D eigenvalue weighted by Gasteiger charge is 2.11. The van der Waals surface area contributed by atoms with Crippen molar-refractivity contribution in [3.8, 4) is 0 Å². The van der Waals surface area contributed by atoms with Crippen molar-refractivity contribution in [2.24, 2.45) is 10.7 Å². The van der Waals surface area contributed by atoms with E-state index < -0.39 is 0 Å². The van der Waals surface area contributed by atoms with Crippen LogP contribution in [0.5, 0.6) is 0 Å². The van der Waals surface area contributed by atoms with Gasteiger partial charge in [0.1, 0.15) is 5.00 Å². The van der Waals surface area contributed by atoms with Gasteiger partial charge in [-0.15, -0.1) is 11.3 Å². The number of aliphatic imine (C=N–C) groups is 1. The van der Waals surface area contributed by atoms with Crippen LogP contribution < -0.4 is 11.1 Å². The zero-order valence-corrected chi connectivity index (χ0v) is 9.42. The van der Waals surface area contributed by atoms with Gasteiger partial charge in [0.05, 0.1) is 11.4 Å². The van der Waals surface area contributed by atoms with Crippen LogP contribution in [0.25, 0.3) is 0 Å². The highest BCUT2D eigenvalue weighted by Crippen LogP contribution is 2.36. The number of nitrogens with zero attached hydrogens (tertiary/aromatic N) is 1. The third kappa shape index (κ3) is 1.52. The van der Waals surface area contributed by atoms with Crippen LogP contribution in [-0.2, 0) is 6.54 Å². The molecule has 0 atom stereocenters. The first kappa shape index (κ1) is 9.57. The minimum absolute atomic E-state index is 0.578. The van der Waals surface area contributed by atoms with Crippen molar-refractivity contribution in [1.82, 2.24) is 0 Å². The van der Waals surface area contributed by atoms with Crippen molar-refractivity contribution < 1.29 is 0 Å². The van der Waals surface area contributed by atoms with Gasteiger partial charge in [0.15, 0.2) is 0 Å². The molecule has 80 valence electrons. The zero-order chi connectivity index (χ0) is 11.0. The van der Waals surface area contributed by atoms with E-state index in [2.05, 4.69) is 16.4 Å². The number of hydrogen-bond donors (Lipinski definition) is 2. The fourth-order valence-corrected chi connectivity index (χ4v) is 2.63. The lowest BCUT2D eigenvalue weighted by Gasteiger charge is -2.04. The van der Waals surface area contributed by atoms with Crippen molar-refractivity contribution in [3.05, 3.63) is 40.8 Å². The molecule has 1 aliphatic rings. The van der Waals surface area contributed by atoms with Crippen molar-refractivity contribution in [2.75, 3.05) is 5.32 Å². The van der Waals surface area contributed by atoms with Gasteiger partial charge >= 0.3 is 0 Å². The Labute approximate surface area is 97.6 Å². The number of benzene rings is 1. The quantitative estimate of drug-likeness (QED) is 0.674. The van der Waals surface area contributed by atoms with Crippen LogP contribution in [0.4, 0.5) is 16.4 Å². The third-order valence-corrected chi connectivity index (χ3v) is 3.60. The molecule has 0 bridgehead atoms. The van der Waals surface area contributed by atoms with Crippen molar-refractivity contribution in [3.63, 3.8) is 0 Å². The Morgan fingerprint density at radius 1 is 1.31 bits per heavy atom. The smallest absolute Gasteiger partial charge is 0.102 e. The predicted molar refractivity (Wildman–Crippen MR) is 69.2 cm³/mol. The van der Waals surface area contributed by atoms with Gasteiger partial charge in [-0.2, -0.15) is 0 Å². The molecule has 0 amide bonds. The summed E-state index contributed by atoms with van der Waals surface area (Å²) < 4.78 is 0. The molecule has 1 aromatic heterocycles. The highest BCUT2D eigenvalue weighted by atomic mass is 32.1. The van der Waals surface area contributed by atoms with E-state index in [9.17, 15) is 0 Å². The molecular formula is C12H11N3S. The second kappa shape index (κ2) is 3.73. The molecule has 4 heteroatoms. The molecule has 0 fully saturated rings. The van der Waals surface area contributed by atoms with Crippen LogP contribution in [0.15, 0.2) is 35.3 Å². The van der Waals surface area contributed by atoms with Crippen molar-refractivity contribution in [1.29, 1.82) is 0 Å². The number of nitrogens with one attached hydrogen (secondary N) is 1. The summed E-state index contributed by atoms with van der Waals surface area (Å²) in [4.78, 5) is 5.62. The van der Waals surface area contributed by atoms with Gasteiger partial charge in [-0.3, -0.25) is 4.99 Å². The van der Waals surface area contributed by atoms with Crippen LogP contribution in [0.1, 0.15) is 10.4 Å². The Balaban J connectivity index is 2.10. The van der Waals surface area contributed by atoms with E-state index in [1.165, 1.54) is 4.88 Å². The first-order chi connectivity index (χ1) is 7.86. The van der Waals surface area contributed by atoms with Gasteiger partial charge in [-0.1, -0.05) is 12.1 Å². The van der Waals surface area contributed by atoms with Crippen LogP contribution in [0.2, 0.25) is 0 Å². The summed E-state index contributed by atoms with van der Waals surface area (Å²) in [6.45, 7) is 0.578. The summed E-state index contributed by atoms with van der Waals surface area (Å²) >= 11 is 1.68. The number of para-hydroxylation sites is 2. The summed E-state index contributed by atoms with van der Waals surface area (Å²) in [6.07, 6.45) is 1.89. The van der Waals surface area contributed by atoms with E-state index in [-0.39, 0.29) is 0 Å². The predicted octanol–water partition coefficient (Wildman–Crippen LogP) is 3.01. The SMILES string of the molecule is NCc1cc2c(s1)Nc1ccccc1N=C2. The van der Waals surface area contributed by atoms with Gasteiger partial charge in [0.25, 0.3) is 0 Å². The largest absolute Gasteiger partial charge is 0.345 e. The maximum absolute atomic E-state index is 5.63. The lowest BCUT2D eigenvalue weighted by Crippen LogP contribution is -1.91. The molecular weight excluding hydrogens is 218 g/mol. The lowest BCUT2D eigenvalue weighted by atomic mass is 10.3. The molecule has 2 heterocycles. The lowest BCUT2D eigenvalue weighted by molar-refractivity contribution is 1.11. The third-order valence-electron chi connectivity index (χ3n) is 2.51. The Kier molecular flexibility index (Phi) is 2.23. The average Bonchev–Trinajstić information content (AvgIpc) is 2.63. The molecule has 1 aliphatic heterocycles. The summed E-state index contributed by atoms with van der Waals surface area (Å²) in [5.74, 6) is 0.